The van der Waals surface area contributed by atoms with Crippen LogP contribution in [-0.2, 0) is 28.1 Å². The number of thiophene rings is 1. The minimum atomic E-state index is -0.183. The molecule has 2 atom stereocenters. The molecule has 7 heteroatoms. The van der Waals surface area contributed by atoms with E-state index in [0.29, 0.717) is 35.8 Å². The molecule has 0 spiro atoms. The lowest BCUT2D eigenvalue weighted by Gasteiger charge is -2.04. The van der Waals surface area contributed by atoms with E-state index >= 15 is 0 Å². The lowest BCUT2D eigenvalue weighted by atomic mass is 10.2. The van der Waals surface area contributed by atoms with Crippen LogP contribution >= 0.6 is 23.1 Å². The number of thioether (sulfide) groups is 1. The number of aromatic nitrogens is 2. The first-order valence-corrected chi connectivity index (χ1v) is 10.4. The van der Waals surface area contributed by atoms with E-state index in [-0.39, 0.29) is 11.5 Å². The van der Waals surface area contributed by atoms with Gasteiger partial charge in [-0.05, 0) is 43.1 Å². The fraction of sp³-hybridized carbons (Fsp3) is 0.588. The van der Waals surface area contributed by atoms with E-state index in [1.165, 1.54) is 22.2 Å². The molecular weight excluding hydrogens is 344 g/mol. The van der Waals surface area contributed by atoms with Gasteiger partial charge in [0.2, 0.25) is 0 Å². The third-order valence-corrected chi connectivity index (χ3v) is 6.92. The summed E-state index contributed by atoms with van der Waals surface area (Å²) in [6.07, 6.45) is 4.34. The maximum Gasteiger partial charge on any atom is 0.315 e. The van der Waals surface area contributed by atoms with Crippen molar-refractivity contribution >= 4 is 39.3 Å². The van der Waals surface area contributed by atoms with E-state index in [1.807, 2.05) is 0 Å². The second-order valence-corrected chi connectivity index (χ2v) is 8.77. The second-order valence-electron chi connectivity index (χ2n) is 6.70. The first-order valence-electron chi connectivity index (χ1n) is 8.38. The van der Waals surface area contributed by atoms with Crippen LogP contribution in [0.1, 0.15) is 36.0 Å². The number of aryl methyl sites for hydroxylation is 2. The summed E-state index contributed by atoms with van der Waals surface area (Å²) in [5.41, 5.74) is 1.15. The Morgan fingerprint density at radius 2 is 2.29 bits per heavy atom. The SMILES string of the molecule is C[C@H]1C[C@H]1COC(=O)CSCc1nc2sc3c(c2c(=O)[nH]1)CCC3. The maximum absolute atomic E-state index is 12.3. The zero-order valence-corrected chi connectivity index (χ0v) is 15.2. The largest absolute Gasteiger partial charge is 0.465 e. The van der Waals surface area contributed by atoms with Crippen LogP contribution in [-0.4, -0.2) is 28.3 Å². The molecule has 0 aliphatic heterocycles. The van der Waals surface area contributed by atoms with E-state index < -0.39 is 0 Å². The number of nitrogens with zero attached hydrogens (tertiary/aromatic N) is 1. The zero-order chi connectivity index (χ0) is 16.7. The van der Waals surface area contributed by atoms with E-state index in [2.05, 4.69) is 16.9 Å². The van der Waals surface area contributed by atoms with Gasteiger partial charge in [0.1, 0.15) is 10.7 Å². The third-order valence-electron chi connectivity index (χ3n) is 4.82. The molecule has 1 saturated carbocycles. The summed E-state index contributed by atoms with van der Waals surface area (Å²) in [6.45, 7) is 2.72. The van der Waals surface area contributed by atoms with Gasteiger partial charge >= 0.3 is 5.97 Å². The van der Waals surface area contributed by atoms with Gasteiger partial charge in [-0.25, -0.2) is 4.98 Å². The molecule has 2 aromatic rings. The topological polar surface area (TPSA) is 72.0 Å². The van der Waals surface area contributed by atoms with E-state index in [9.17, 15) is 9.59 Å². The molecule has 2 aromatic heterocycles. The van der Waals surface area contributed by atoms with E-state index in [4.69, 9.17) is 4.74 Å². The van der Waals surface area contributed by atoms with Gasteiger partial charge in [-0.2, -0.15) is 0 Å². The molecule has 4 rings (SSSR count). The Bertz CT molecular complexity index is 842. The minimum Gasteiger partial charge on any atom is -0.465 e. The number of rotatable bonds is 6. The summed E-state index contributed by atoms with van der Waals surface area (Å²) in [5.74, 6) is 2.52. The van der Waals surface area contributed by atoms with E-state index in [0.717, 1.165) is 35.9 Å². The molecule has 0 unspecified atom stereocenters. The van der Waals surface area contributed by atoms with Gasteiger partial charge < -0.3 is 9.72 Å². The molecule has 24 heavy (non-hydrogen) atoms. The van der Waals surface area contributed by atoms with Crippen molar-refractivity contribution in [2.45, 2.75) is 38.4 Å². The Labute approximate surface area is 148 Å². The highest BCUT2D eigenvalue weighted by Crippen LogP contribution is 2.37. The van der Waals surface area contributed by atoms with Crippen molar-refractivity contribution in [1.29, 1.82) is 0 Å². The standard InChI is InChI=1S/C17H20N2O3S2/c1-9-5-10(9)6-22-14(20)8-23-7-13-18-16(21)15-11-3-2-4-12(11)24-17(15)19-13/h9-10H,2-8H2,1H3,(H,18,19,21)/t9-,10-/m0/s1. The molecule has 5 nitrogen and oxygen atoms in total. The van der Waals surface area contributed by atoms with Crippen molar-refractivity contribution in [2.24, 2.45) is 11.8 Å². The number of carbonyl (C=O) groups excluding carboxylic acids is 1. The lowest BCUT2D eigenvalue weighted by Crippen LogP contribution is -2.13. The molecule has 1 fully saturated rings. The van der Waals surface area contributed by atoms with Crippen molar-refractivity contribution in [2.75, 3.05) is 12.4 Å². The zero-order valence-electron chi connectivity index (χ0n) is 13.6. The summed E-state index contributed by atoms with van der Waals surface area (Å²) in [4.78, 5) is 33.7. The van der Waals surface area contributed by atoms with Crippen LogP contribution in [0.2, 0.25) is 0 Å². The monoisotopic (exact) mass is 364 g/mol. The number of hydrogen-bond acceptors (Lipinski definition) is 6. The molecule has 0 aromatic carbocycles. The van der Waals surface area contributed by atoms with Gasteiger partial charge in [-0.1, -0.05) is 6.92 Å². The second kappa shape index (κ2) is 6.52. The Morgan fingerprint density at radius 1 is 1.46 bits per heavy atom. The first kappa shape index (κ1) is 16.1. The average molecular weight is 364 g/mol. The first-order chi connectivity index (χ1) is 11.6. The van der Waals surface area contributed by atoms with Crippen LogP contribution in [0.25, 0.3) is 10.2 Å². The molecule has 2 aliphatic carbocycles. The molecule has 128 valence electrons. The maximum atomic E-state index is 12.3. The molecule has 2 heterocycles. The number of fused-ring (bicyclic) bond motifs is 3. The molecule has 0 bridgehead atoms. The fourth-order valence-electron chi connectivity index (χ4n) is 3.22. The Morgan fingerprint density at radius 3 is 3.08 bits per heavy atom. The highest BCUT2D eigenvalue weighted by atomic mass is 32.2. The van der Waals surface area contributed by atoms with Gasteiger partial charge in [0.15, 0.2) is 0 Å². The van der Waals surface area contributed by atoms with Crippen LogP contribution in [0, 0.1) is 11.8 Å². The normalized spacial score (nSPS) is 21.9. The summed E-state index contributed by atoms with van der Waals surface area (Å²) in [6, 6.07) is 0. The highest BCUT2D eigenvalue weighted by molar-refractivity contribution is 7.99. The summed E-state index contributed by atoms with van der Waals surface area (Å²) >= 11 is 3.07. The number of H-pyrrole nitrogens is 1. The Hall–Kier alpha value is -1.34. The Balaban J connectivity index is 1.35. The molecule has 2 aliphatic rings. The molecule has 1 N–H and O–H groups in total. The minimum absolute atomic E-state index is 0.0414. The highest BCUT2D eigenvalue weighted by Gasteiger charge is 2.33. The van der Waals surface area contributed by atoms with Crippen molar-refractivity contribution < 1.29 is 9.53 Å². The van der Waals surface area contributed by atoms with E-state index in [1.54, 1.807) is 11.3 Å². The quantitative estimate of drug-likeness (QED) is 0.798. The van der Waals surface area contributed by atoms with Crippen molar-refractivity contribution in [3.05, 3.63) is 26.6 Å². The smallest absolute Gasteiger partial charge is 0.315 e. The number of esters is 1. The number of carbonyl (C=O) groups is 1. The number of hydrogen-bond donors (Lipinski definition) is 1. The van der Waals surface area contributed by atoms with Crippen LogP contribution in [0.4, 0.5) is 0 Å². The van der Waals surface area contributed by atoms with Crippen molar-refractivity contribution in [3.8, 4) is 0 Å². The Kier molecular flexibility index (Phi) is 4.39. The molecule has 0 amide bonds. The van der Waals surface area contributed by atoms with Crippen molar-refractivity contribution in [3.63, 3.8) is 0 Å². The van der Waals surface area contributed by atoms with Crippen LogP contribution < -0.4 is 5.56 Å². The van der Waals surface area contributed by atoms with Gasteiger partial charge in [0.25, 0.3) is 5.56 Å². The van der Waals surface area contributed by atoms with Gasteiger partial charge in [-0.15, -0.1) is 23.1 Å². The summed E-state index contributed by atoms with van der Waals surface area (Å²) in [5, 5.41) is 0.777. The molecule has 0 radical (unpaired) electrons. The summed E-state index contributed by atoms with van der Waals surface area (Å²) in [7, 11) is 0. The van der Waals surface area contributed by atoms with Gasteiger partial charge in [0.05, 0.1) is 23.5 Å². The third kappa shape index (κ3) is 3.24. The number of nitrogens with one attached hydrogen (secondary N) is 1. The van der Waals surface area contributed by atoms with Gasteiger partial charge in [-0.3, -0.25) is 9.59 Å². The predicted octanol–water partition coefficient (Wildman–Crippen LogP) is 2.91. The van der Waals surface area contributed by atoms with Crippen LogP contribution in [0.5, 0.6) is 0 Å². The average Bonchev–Trinajstić information content (AvgIpc) is 2.92. The number of aromatic amines is 1. The van der Waals surface area contributed by atoms with Crippen LogP contribution in [0.3, 0.4) is 0 Å². The molecular formula is C17H20N2O3S2. The van der Waals surface area contributed by atoms with Crippen molar-refractivity contribution in [1.82, 2.24) is 9.97 Å². The van der Waals surface area contributed by atoms with Crippen LogP contribution in [0.15, 0.2) is 4.79 Å². The number of ether oxygens (including phenoxy) is 1. The molecule has 0 saturated heterocycles. The van der Waals surface area contributed by atoms with Gasteiger partial charge in [0, 0.05) is 4.88 Å². The fourth-order valence-corrected chi connectivity index (χ4v) is 5.18. The lowest BCUT2D eigenvalue weighted by molar-refractivity contribution is -0.140. The summed E-state index contributed by atoms with van der Waals surface area (Å²) < 4.78 is 5.26. The predicted molar refractivity (Wildman–Crippen MR) is 96.7 cm³/mol.